The molecule has 0 bridgehead atoms. The molecule has 4 rings (SSSR count). The minimum atomic E-state index is 0.581. The van der Waals surface area contributed by atoms with Gasteiger partial charge in [-0.3, -0.25) is 0 Å². The van der Waals surface area contributed by atoms with E-state index < -0.39 is 0 Å². The van der Waals surface area contributed by atoms with Gasteiger partial charge in [-0.25, -0.2) is 9.97 Å². The third-order valence-corrected chi connectivity index (χ3v) is 4.08. The predicted octanol–water partition coefficient (Wildman–Crippen LogP) is 4.42. The van der Waals surface area contributed by atoms with Crippen LogP contribution in [0.25, 0.3) is 21.7 Å². The summed E-state index contributed by atoms with van der Waals surface area (Å²) >= 11 is 3.58. The summed E-state index contributed by atoms with van der Waals surface area (Å²) in [7, 11) is 0. The highest BCUT2D eigenvalue weighted by Crippen LogP contribution is 2.39. The first-order valence-corrected chi connectivity index (χ1v) is 6.96. The second-order valence-electron chi connectivity index (χ2n) is 4.86. The summed E-state index contributed by atoms with van der Waals surface area (Å²) < 4.78 is 0.917. The number of nitrogens with zero attached hydrogens (tertiary/aromatic N) is 2. The fourth-order valence-electron chi connectivity index (χ4n) is 2.32. The van der Waals surface area contributed by atoms with E-state index in [0.29, 0.717) is 5.92 Å². The fraction of sp³-hybridized carbons (Fsp3) is 0.200. The zero-order chi connectivity index (χ0) is 12.1. The Bertz CT molecular complexity index is 763. The van der Waals surface area contributed by atoms with E-state index in [0.717, 1.165) is 21.3 Å². The van der Waals surface area contributed by atoms with Crippen molar-refractivity contribution in [1.29, 1.82) is 0 Å². The summed E-state index contributed by atoms with van der Waals surface area (Å²) in [5, 5.41) is 3.56. The van der Waals surface area contributed by atoms with Crippen molar-refractivity contribution < 1.29 is 0 Å². The zero-order valence-corrected chi connectivity index (χ0v) is 11.3. The molecule has 1 fully saturated rings. The number of rotatable bonds is 1. The topological polar surface area (TPSA) is 25.8 Å². The SMILES string of the molecule is Brc1nc(C2CC2)nc2cc3ccccc3cc12. The predicted molar refractivity (Wildman–Crippen MR) is 76.7 cm³/mol. The molecule has 0 spiro atoms. The molecule has 0 saturated heterocycles. The molecule has 1 aliphatic rings. The molecule has 2 aromatic carbocycles. The van der Waals surface area contributed by atoms with Gasteiger partial charge in [-0.2, -0.15) is 0 Å². The Kier molecular flexibility index (Phi) is 2.18. The molecular formula is C15H11BrN2. The van der Waals surface area contributed by atoms with Gasteiger partial charge in [0.25, 0.3) is 0 Å². The van der Waals surface area contributed by atoms with Crippen LogP contribution in [-0.2, 0) is 0 Å². The van der Waals surface area contributed by atoms with E-state index in [1.165, 1.54) is 23.6 Å². The van der Waals surface area contributed by atoms with Crippen LogP contribution < -0.4 is 0 Å². The van der Waals surface area contributed by atoms with E-state index in [9.17, 15) is 0 Å². The zero-order valence-electron chi connectivity index (χ0n) is 9.73. The van der Waals surface area contributed by atoms with Crippen LogP contribution in [0.4, 0.5) is 0 Å². The Hall–Kier alpha value is -1.48. The van der Waals surface area contributed by atoms with Gasteiger partial charge in [-0.05, 0) is 51.7 Å². The van der Waals surface area contributed by atoms with Crippen molar-refractivity contribution in [2.24, 2.45) is 0 Å². The first-order chi connectivity index (χ1) is 8.81. The number of benzene rings is 2. The summed E-state index contributed by atoms with van der Waals surface area (Å²) in [6, 6.07) is 12.7. The first-order valence-electron chi connectivity index (χ1n) is 6.17. The molecule has 1 heterocycles. The van der Waals surface area contributed by atoms with Crippen LogP contribution in [0.2, 0.25) is 0 Å². The van der Waals surface area contributed by atoms with Gasteiger partial charge in [0.1, 0.15) is 10.4 Å². The quantitative estimate of drug-likeness (QED) is 0.491. The first kappa shape index (κ1) is 10.4. The van der Waals surface area contributed by atoms with Crippen molar-refractivity contribution in [2.75, 3.05) is 0 Å². The molecule has 18 heavy (non-hydrogen) atoms. The lowest BCUT2D eigenvalue weighted by Gasteiger charge is -2.05. The maximum absolute atomic E-state index is 4.71. The van der Waals surface area contributed by atoms with Crippen molar-refractivity contribution in [1.82, 2.24) is 9.97 Å². The largest absolute Gasteiger partial charge is 0.233 e. The summed E-state index contributed by atoms with van der Waals surface area (Å²) in [6.07, 6.45) is 2.46. The van der Waals surface area contributed by atoms with Crippen molar-refractivity contribution >= 4 is 37.6 Å². The minimum Gasteiger partial charge on any atom is -0.233 e. The van der Waals surface area contributed by atoms with E-state index in [1.54, 1.807) is 0 Å². The summed E-state index contributed by atoms with van der Waals surface area (Å²) in [6.45, 7) is 0. The van der Waals surface area contributed by atoms with Gasteiger partial charge in [-0.15, -0.1) is 0 Å². The van der Waals surface area contributed by atoms with Crippen LogP contribution in [0.1, 0.15) is 24.6 Å². The Morgan fingerprint density at radius 1 is 1.00 bits per heavy atom. The van der Waals surface area contributed by atoms with Gasteiger partial charge in [-0.1, -0.05) is 24.3 Å². The highest BCUT2D eigenvalue weighted by molar-refractivity contribution is 9.10. The molecule has 1 aliphatic carbocycles. The number of hydrogen-bond acceptors (Lipinski definition) is 2. The van der Waals surface area contributed by atoms with Crippen molar-refractivity contribution in [2.45, 2.75) is 18.8 Å². The molecule has 0 N–H and O–H groups in total. The van der Waals surface area contributed by atoms with E-state index >= 15 is 0 Å². The number of halogens is 1. The van der Waals surface area contributed by atoms with Crippen molar-refractivity contribution in [3.8, 4) is 0 Å². The lowest BCUT2D eigenvalue weighted by Crippen LogP contribution is -1.94. The van der Waals surface area contributed by atoms with Gasteiger partial charge in [0.05, 0.1) is 5.52 Å². The standard InChI is InChI=1S/C15H11BrN2/c16-14-12-7-10-3-1-2-4-11(10)8-13(12)17-15(18-14)9-5-6-9/h1-4,7-9H,5-6H2. The molecule has 88 valence electrons. The Labute approximate surface area is 113 Å². The van der Waals surface area contributed by atoms with Crippen LogP contribution in [0.5, 0.6) is 0 Å². The molecule has 0 unspecified atom stereocenters. The van der Waals surface area contributed by atoms with Crippen molar-refractivity contribution in [3.05, 3.63) is 46.8 Å². The second kappa shape index (κ2) is 3.75. The van der Waals surface area contributed by atoms with Crippen LogP contribution in [0, 0.1) is 0 Å². The number of fused-ring (bicyclic) bond motifs is 2. The van der Waals surface area contributed by atoms with E-state index in [-0.39, 0.29) is 0 Å². The van der Waals surface area contributed by atoms with E-state index in [2.05, 4.69) is 57.3 Å². The van der Waals surface area contributed by atoms with Gasteiger partial charge in [0, 0.05) is 11.3 Å². The average molecular weight is 299 g/mol. The monoisotopic (exact) mass is 298 g/mol. The molecule has 0 amide bonds. The highest BCUT2D eigenvalue weighted by Gasteiger charge is 2.27. The van der Waals surface area contributed by atoms with Crippen LogP contribution in [0.3, 0.4) is 0 Å². The smallest absolute Gasteiger partial charge is 0.133 e. The van der Waals surface area contributed by atoms with Gasteiger partial charge in [0.2, 0.25) is 0 Å². The highest BCUT2D eigenvalue weighted by atomic mass is 79.9. The molecular weight excluding hydrogens is 288 g/mol. The Morgan fingerprint density at radius 2 is 1.72 bits per heavy atom. The molecule has 0 aliphatic heterocycles. The van der Waals surface area contributed by atoms with Crippen LogP contribution in [-0.4, -0.2) is 9.97 Å². The third-order valence-electron chi connectivity index (χ3n) is 3.48. The number of hydrogen-bond donors (Lipinski definition) is 0. The maximum atomic E-state index is 4.71. The van der Waals surface area contributed by atoms with Gasteiger partial charge in [0.15, 0.2) is 0 Å². The summed E-state index contributed by atoms with van der Waals surface area (Å²) in [4.78, 5) is 9.28. The van der Waals surface area contributed by atoms with Gasteiger partial charge < -0.3 is 0 Å². The minimum absolute atomic E-state index is 0.581. The fourth-order valence-corrected chi connectivity index (χ4v) is 2.82. The van der Waals surface area contributed by atoms with Gasteiger partial charge >= 0.3 is 0 Å². The molecule has 1 aromatic heterocycles. The second-order valence-corrected chi connectivity index (χ2v) is 5.61. The summed E-state index contributed by atoms with van der Waals surface area (Å²) in [5.74, 6) is 1.57. The number of aromatic nitrogens is 2. The van der Waals surface area contributed by atoms with Crippen LogP contribution >= 0.6 is 15.9 Å². The maximum Gasteiger partial charge on any atom is 0.133 e. The lowest BCUT2D eigenvalue weighted by atomic mass is 10.1. The molecule has 3 aromatic rings. The third kappa shape index (κ3) is 1.62. The molecule has 0 radical (unpaired) electrons. The Morgan fingerprint density at radius 3 is 2.44 bits per heavy atom. The molecule has 0 atom stereocenters. The van der Waals surface area contributed by atoms with Crippen molar-refractivity contribution in [3.63, 3.8) is 0 Å². The molecule has 2 nitrogen and oxygen atoms in total. The molecule has 1 saturated carbocycles. The van der Waals surface area contributed by atoms with E-state index in [1.807, 2.05) is 0 Å². The summed E-state index contributed by atoms with van der Waals surface area (Å²) in [5.41, 5.74) is 1.04. The van der Waals surface area contributed by atoms with Crippen LogP contribution in [0.15, 0.2) is 41.0 Å². The van der Waals surface area contributed by atoms with E-state index in [4.69, 9.17) is 4.98 Å². The average Bonchev–Trinajstić information content (AvgIpc) is 3.21. The lowest BCUT2D eigenvalue weighted by molar-refractivity contribution is 0.938. The molecule has 3 heteroatoms. The normalized spacial score (nSPS) is 15.4. The Balaban J connectivity index is 2.07.